The van der Waals surface area contributed by atoms with E-state index in [1.54, 1.807) is 0 Å². The fourth-order valence-electron chi connectivity index (χ4n) is 5.26. The number of ether oxygens (including phenoxy) is 4. The maximum Gasteiger partial charge on any atom is 0.197 e. The normalized spacial score (nSPS) is 33.5. The summed E-state index contributed by atoms with van der Waals surface area (Å²) in [5.74, 6) is -1.35. The highest BCUT2D eigenvalue weighted by molar-refractivity contribution is 5.88. The topological polar surface area (TPSA) is 229 Å². The summed E-state index contributed by atoms with van der Waals surface area (Å²) in [6.45, 7) is 2.84. The zero-order chi connectivity index (χ0) is 30.6. The first-order valence-electron chi connectivity index (χ1n) is 13.1. The van der Waals surface area contributed by atoms with Crippen molar-refractivity contribution in [3.05, 3.63) is 46.1 Å². The van der Waals surface area contributed by atoms with Gasteiger partial charge in [0.15, 0.2) is 23.2 Å². The lowest BCUT2D eigenvalue weighted by Gasteiger charge is -2.46. The molecule has 2 aliphatic rings. The van der Waals surface area contributed by atoms with Gasteiger partial charge in [-0.05, 0) is 32.0 Å². The Bertz CT molecular complexity index is 1520. The number of fused-ring (bicyclic) bond motifs is 1. The Hall–Kier alpha value is -3.47. The highest BCUT2D eigenvalue weighted by Crippen LogP contribution is 2.46. The average molecular weight is 593 g/mol. The monoisotopic (exact) mass is 592 g/mol. The fourth-order valence-corrected chi connectivity index (χ4v) is 5.26. The summed E-state index contributed by atoms with van der Waals surface area (Å²) in [7, 11) is 1.35. The van der Waals surface area contributed by atoms with Crippen LogP contribution in [0.4, 0.5) is 0 Å². The molecule has 0 amide bonds. The van der Waals surface area contributed by atoms with Crippen molar-refractivity contribution in [2.45, 2.75) is 75.1 Å². The number of benzene rings is 2. The first kappa shape index (κ1) is 30.0. The van der Waals surface area contributed by atoms with Crippen molar-refractivity contribution in [1.29, 1.82) is 0 Å². The van der Waals surface area contributed by atoms with Crippen molar-refractivity contribution in [3.8, 4) is 34.3 Å². The highest BCUT2D eigenvalue weighted by atomic mass is 16.7. The van der Waals surface area contributed by atoms with Gasteiger partial charge < -0.3 is 64.2 Å². The van der Waals surface area contributed by atoms with Crippen molar-refractivity contribution in [2.75, 3.05) is 7.11 Å². The predicted octanol–water partition coefficient (Wildman–Crippen LogP) is -0.0203. The van der Waals surface area contributed by atoms with E-state index in [4.69, 9.17) is 23.4 Å². The van der Waals surface area contributed by atoms with Crippen LogP contribution in [0.15, 0.2) is 39.5 Å². The van der Waals surface area contributed by atoms with E-state index in [1.807, 2.05) is 0 Å². The number of phenols is 3. The van der Waals surface area contributed by atoms with Crippen molar-refractivity contribution in [3.63, 3.8) is 0 Å². The molecule has 2 aromatic carbocycles. The van der Waals surface area contributed by atoms with Gasteiger partial charge in [-0.25, -0.2) is 0 Å². The van der Waals surface area contributed by atoms with E-state index in [-0.39, 0.29) is 33.8 Å². The Kier molecular flexibility index (Phi) is 8.08. The highest BCUT2D eigenvalue weighted by Gasteiger charge is 2.50. The molecule has 0 bridgehead atoms. The van der Waals surface area contributed by atoms with Crippen LogP contribution in [0.1, 0.15) is 25.5 Å². The molecule has 42 heavy (non-hydrogen) atoms. The lowest BCUT2D eigenvalue weighted by molar-refractivity contribution is -0.336. The Morgan fingerprint density at radius 1 is 0.786 bits per heavy atom. The van der Waals surface area contributed by atoms with Crippen LogP contribution in [-0.4, -0.2) is 103 Å². The molecular formula is C28H32O14. The van der Waals surface area contributed by atoms with Gasteiger partial charge in [0.05, 0.1) is 24.9 Å². The summed E-state index contributed by atoms with van der Waals surface area (Å²) in [5.41, 5.74) is -0.942. The second kappa shape index (κ2) is 11.3. The summed E-state index contributed by atoms with van der Waals surface area (Å²) in [5, 5.41) is 83.9. The molecule has 2 aliphatic heterocycles. The number of aliphatic hydroxyl groups excluding tert-OH is 5. The maximum atomic E-state index is 13.2. The number of phenolic OH excluding ortho intramolecular Hbond substituents is 3. The van der Waals surface area contributed by atoms with E-state index in [2.05, 4.69) is 0 Å². The van der Waals surface area contributed by atoms with Crippen LogP contribution in [-0.2, 0) is 14.2 Å². The van der Waals surface area contributed by atoms with Crippen LogP contribution in [0.2, 0.25) is 0 Å². The first-order chi connectivity index (χ1) is 19.8. The summed E-state index contributed by atoms with van der Waals surface area (Å²) in [4.78, 5) is 13.2. The second-order valence-corrected chi connectivity index (χ2v) is 10.4. The van der Waals surface area contributed by atoms with Gasteiger partial charge in [0, 0.05) is 17.7 Å². The second-order valence-electron chi connectivity index (χ2n) is 10.4. The molecule has 2 fully saturated rings. The molecule has 228 valence electrons. The van der Waals surface area contributed by atoms with Gasteiger partial charge in [0.1, 0.15) is 71.0 Å². The molecule has 0 radical (unpaired) electrons. The van der Waals surface area contributed by atoms with E-state index in [9.17, 15) is 45.6 Å². The third-order valence-electron chi connectivity index (χ3n) is 7.69. The van der Waals surface area contributed by atoms with Crippen molar-refractivity contribution < 1.29 is 64.2 Å². The fraction of sp³-hybridized carbons (Fsp3) is 0.464. The van der Waals surface area contributed by atoms with Crippen LogP contribution in [0, 0.1) is 0 Å². The summed E-state index contributed by atoms with van der Waals surface area (Å²) in [6.07, 6.45) is -14.9. The largest absolute Gasteiger partial charge is 0.507 e. The molecule has 0 unspecified atom stereocenters. The number of methoxy groups -OCH3 is 1. The first-order valence-corrected chi connectivity index (χ1v) is 13.1. The number of rotatable bonds is 5. The van der Waals surface area contributed by atoms with Crippen molar-refractivity contribution in [2.24, 2.45) is 0 Å². The average Bonchev–Trinajstić information content (AvgIpc) is 2.95. The third-order valence-corrected chi connectivity index (χ3v) is 7.69. The standard InChI is InChI=1S/C28H32O14/c1-9-21(33)24(36)27(42-28-25(37)23(35)20(32)10(2)40-28)26(39-9)19-14(31)8-17-18(22(19)34)13(30)7-15(41-17)11-4-5-12(29)16(6-11)38-3/h4-10,20-21,23-29,31-37H,1-3H3/t9-,10-,20-,21+,23+,24+,25+,26-,27-,28-/m0/s1. The lowest BCUT2D eigenvalue weighted by Crippen LogP contribution is -2.61. The van der Waals surface area contributed by atoms with E-state index < -0.39 is 78.2 Å². The van der Waals surface area contributed by atoms with Crippen molar-refractivity contribution >= 4 is 11.0 Å². The Labute approximate surface area is 238 Å². The molecule has 2 saturated heterocycles. The lowest BCUT2D eigenvalue weighted by atomic mass is 9.89. The van der Waals surface area contributed by atoms with Gasteiger partial charge in [-0.3, -0.25) is 4.79 Å². The molecule has 14 nitrogen and oxygen atoms in total. The van der Waals surface area contributed by atoms with Crippen molar-refractivity contribution in [1.82, 2.24) is 0 Å². The number of aromatic hydroxyl groups is 3. The number of hydrogen-bond donors (Lipinski definition) is 8. The summed E-state index contributed by atoms with van der Waals surface area (Å²) >= 11 is 0. The molecular weight excluding hydrogens is 560 g/mol. The van der Waals surface area contributed by atoms with Crippen LogP contribution < -0.4 is 10.2 Å². The van der Waals surface area contributed by atoms with Gasteiger partial charge in [-0.2, -0.15) is 0 Å². The molecule has 0 spiro atoms. The van der Waals surface area contributed by atoms with Gasteiger partial charge in [-0.15, -0.1) is 0 Å². The molecule has 14 heteroatoms. The minimum atomic E-state index is -1.77. The minimum Gasteiger partial charge on any atom is -0.507 e. The molecule has 0 saturated carbocycles. The summed E-state index contributed by atoms with van der Waals surface area (Å²) < 4.78 is 27.9. The molecule has 3 aromatic rings. The van der Waals surface area contributed by atoms with Crippen LogP contribution in [0.5, 0.6) is 23.0 Å². The van der Waals surface area contributed by atoms with Gasteiger partial charge in [0.25, 0.3) is 0 Å². The van der Waals surface area contributed by atoms with Gasteiger partial charge >= 0.3 is 0 Å². The molecule has 1 aromatic heterocycles. The van der Waals surface area contributed by atoms with E-state index >= 15 is 0 Å². The SMILES string of the molecule is COc1cc(-c2cc(=O)c3c(O)c([C@@H]4O[C@@H](C)[C@@H](O)[C@@H](O)[C@@H]4O[C@@H]4O[C@@H](C)[C@H](O)[C@@H](O)[C@H]4O)c(O)cc3o2)ccc1O. The molecule has 0 aliphatic carbocycles. The molecule has 5 rings (SSSR count). The quantitative estimate of drug-likeness (QED) is 0.195. The molecule has 8 N–H and O–H groups in total. The predicted molar refractivity (Wildman–Crippen MR) is 142 cm³/mol. The van der Waals surface area contributed by atoms with Crippen LogP contribution in [0.3, 0.4) is 0 Å². The number of hydrogen-bond acceptors (Lipinski definition) is 14. The Balaban J connectivity index is 1.58. The minimum absolute atomic E-state index is 0.0398. The Morgan fingerprint density at radius 3 is 2.14 bits per heavy atom. The number of aliphatic hydroxyl groups is 5. The summed E-state index contributed by atoms with van der Waals surface area (Å²) in [6, 6.07) is 6.39. The van der Waals surface area contributed by atoms with E-state index in [1.165, 1.54) is 39.2 Å². The molecule has 10 atom stereocenters. The maximum absolute atomic E-state index is 13.2. The molecule has 3 heterocycles. The smallest absolute Gasteiger partial charge is 0.197 e. The van der Waals surface area contributed by atoms with Crippen LogP contribution in [0.25, 0.3) is 22.3 Å². The van der Waals surface area contributed by atoms with E-state index in [0.717, 1.165) is 12.1 Å². The van der Waals surface area contributed by atoms with E-state index in [0.29, 0.717) is 5.56 Å². The van der Waals surface area contributed by atoms with Crippen LogP contribution >= 0.6 is 0 Å². The van der Waals surface area contributed by atoms with Gasteiger partial charge in [0.2, 0.25) is 0 Å². The Morgan fingerprint density at radius 2 is 1.45 bits per heavy atom. The zero-order valence-corrected chi connectivity index (χ0v) is 22.7. The van der Waals surface area contributed by atoms with Gasteiger partial charge in [-0.1, -0.05) is 0 Å². The zero-order valence-electron chi connectivity index (χ0n) is 22.7. The third kappa shape index (κ3) is 5.05.